The summed E-state index contributed by atoms with van der Waals surface area (Å²) in [5.41, 5.74) is 4.51. The second kappa shape index (κ2) is 5.05. The van der Waals surface area contributed by atoms with E-state index in [0.29, 0.717) is 0 Å². The Kier molecular flexibility index (Phi) is 3.68. The number of benzene rings is 1. The van der Waals surface area contributed by atoms with Crippen molar-refractivity contribution in [1.29, 1.82) is 0 Å². The number of hydrogen-bond acceptors (Lipinski definition) is 1. The lowest BCUT2D eigenvalue weighted by Crippen LogP contribution is -2.21. The number of allylic oxidation sites excluding steroid dienone is 1. The Labute approximate surface area is 107 Å². The molecule has 2 rings (SSSR count). The van der Waals surface area contributed by atoms with Gasteiger partial charge in [0.2, 0.25) is 0 Å². The van der Waals surface area contributed by atoms with E-state index in [2.05, 4.69) is 26.0 Å². The summed E-state index contributed by atoms with van der Waals surface area (Å²) < 4.78 is 0. The fourth-order valence-corrected chi connectivity index (χ4v) is 2.48. The summed E-state index contributed by atoms with van der Waals surface area (Å²) >= 11 is 6.01. The topological polar surface area (TPSA) is 17.1 Å². The highest BCUT2D eigenvalue weighted by Crippen LogP contribution is 2.27. The Morgan fingerprint density at radius 3 is 2.88 bits per heavy atom. The molecule has 2 heteroatoms. The van der Waals surface area contributed by atoms with Gasteiger partial charge in [0, 0.05) is 0 Å². The van der Waals surface area contributed by atoms with Crippen LogP contribution in [0.1, 0.15) is 36.0 Å². The first-order valence-corrected chi connectivity index (χ1v) is 6.48. The fraction of sp³-hybridized carbons (Fsp3) is 0.400. The number of ketones is 1. The molecule has 1 nitrogen and oxygen atoms in total. The van der Waals surface area contributed by atoms with Gasteiger partial charge in [-0.2, -0.15) is 0 Å². The van der Waals surface area contributed by atoms with Crippen LogP contribution in [0.2, 0.25) is 0 Å². The lowest BCUT2D eigenvalue weighted by Gasteiger charge is -2.18. The van der Waals surface area contributed by atoms with Crippen molar-refractivity contribution in [3.8, 4) is 0 Å². The molecule has 1 atom stereocenters. The maximum atomic E-state index is 11.9. The van der Waals surface area contributed by atoms with Crippen molar-refractivity contribution in [2.45, 2.75) is 38.5 Å². The smallest absolute Gasteiger partial charge is 0.176 e. The lowest BCUT2D eigenvalue weighted by molar-refractivity contribution is -0.116. The van der Waals surface area contributed by atoms with Gasteiger partial charge in [0.05, 0.1) is 5.38 Å². The molecule has 1 aliphatic carbocycles. The lowest BCUT2D eigenvalue weighted by atomic mass is 9.90. The molecule has 0 bridgehead atoms. The molecule has 1 saturated carbocycles. The van der Waals surface area contributed by atoms with Crippen LogP contribution in [0.4, 0.5) is 0 Å². The van der Waals surface area contributed by atoms with Crippen molar-refractivity contribution < 1.29 is 4.79 Å². The van der Waals surface area contributed by atoms with Gasteiger partial charge in [-0.25, -0.2) is 0 Å². The molecule has 0 aromatic heterocycles. The largest absolute Gasteiger partial charge is 0.293 e. The first-order chi connectivity index (χ1) is 8.09. The standard InChI is InChI=1S/C15H17ClO/c1-10-5-3-6-12(11(10)2)9-13-7-4-8-14(16)15(13)17/h3,5-6,9,14H,4,7-8H2,1-2H3. The van der Waals surface area contributed by atoms with Crippen LogP contribution in [0.5, 0.6) is 0 Å². The second-order valence-corrected chi connectivity index (χ2v) is 5.21. The van der Waals surface area contributed by atoms with Crippen molar-refractivity contribution >= 4 is 23.5 Å². The molecule has 1 aliphatic rings. The van der Waals surface area contributed by atoms with E-state index in [1.165, 1.54) is 11.1 Å². The van der Waals surface area contributed by atoms with Crippen molar-refractivity contribution in [2.75, 3.05) is 0 Å². The van der Waals surface area contributed by atoms with Gasteiger partial charge in [0.25, 0.3) is 0 Å². The Morgan fingerprint density at radius 2 is 2.12 bits per heavy atom. The summed E-state index contributed by atoms with van der Waals surface area (Å²) in [6.45, 7) is 4.18. The third kappa shape index (κ3) is 2.61. The number of carbonyl (C=O) groups excluding carboxylic acids is 1. The van der Waals surface area contributed by atoms with Crippen molar-refractivity contribution in [3.63, 3.8) is 0 Å². The van der Waals surface area contributed by atoms with Crippen LogP contribution < -0.4 is 0 Å². The summed E-state index contributed by atoms with van der Waals surface area (Å²) in [7, 11) is 0. The number of Topliss-reactive ketones (excluding diaryl/α,β-unsaturated/α-hetero) is 1. The van der Waals surface area contributed by atoms with E-state index in [-0.39, 0.29) is 11.2 Å². The zero-order valence-electron chi connectivity index (χ0n) is 10.3. The predicted molar refractivity (Wildman–Crippen MR) is 72.4 cm³/mol. The normalized spacial score (nSPS) is 23.1. The maximum Gasteiger partial charge on any atom is 0.176 e. The van der Waals surface area contributed by atoms with E-state index in [9.17, 15) is 4.79 Å². The number of hydrogen-bond donors (Lipinski definition) is 0. The molecule has 90 valence electrons. The minimum absolute atomic E-state index is 0.110. The molecule has 1 aromatic carbocycles. The average Bonchev–Trinajstić information content (AvgIpc) is 2.31. The third-order valence-corrected chi connectivity index (χ3v) is 3.90. The number of aryl methyl sites for hydroxylation is 1. The Balaban J connectivity index is 2.35. The Bertz CT molecular complexity index is 474. The zero-order chi connectivity index (χ0) is 12.4. The summed E-state index contributed by atoms with van der Waals surface area (Å²) in [5.74, 6) is 0.110. The number of alkyl halides is 1. The van der Waals surface area contributed by atoms with Crippen LogP contribution in [-0.4, -0.2) is 11.2 Å². The van der Waals surface area contributed by atoms with Crippen LogP contribution in [0.15, 0.2) is 23.8 Å². The minimum atomic E-state index is -0.319. The van der Waals surface area contributed by atoms with Gasteiger partial charge in [-0.15, -0.1) is 11.6 Å². The van der Waals surface area contributed by atoms with E-state index in [0.717, 1.165) is 30.4 Å². The van der Waals surface area contributed by atoms with Crippen molar-refractivity contribution in [1.82, 2.24) is 0 Å². The highest BCUT2D eigenvalue weighted by atomic mass is 35.5. The molecular formula is C15H17ClO. The first kappa shape index (κ1) is 12.4. The van der Waals surface area contributed by atoms with Gasteiger partial charge in [-0.05, 0) is 61.4 Å². The zero-order valence-corrected chi connectivity index (χ0v) is 11.1. The van der Waals surface area contributed by atoms with Crippen molar-refractivity contribution in [2.24, 2.45) is 0 Å². The number of halogens is 1. The van der Waals surface area contributed by atoms with Gasteiger partial charge in [-0.3, -0.25) is 4.79 Å². The van der Waals surface area contributed by atoms with E-state index < -0.39 is 0 Å². The molecule has 0 radical (unpaired) electrons. The highest BCUT2D eigenvalue weighted by Gasteiger charge is 2.24. The molecule has 0 aliphatic heterocycles. The summed E-state index contributed by atoms with van der Waals surface area (Å²) in [5, 5.41) is -0.319. The van der Waals surface area contributed by atoms with Gasteiger partial charge in [0.1, 0.15) is 0 Å². The fourth-order valence-electron chi connectivity index (χ4n) is 2.19. The molecule has 1 unspecified atom stereocenters. The van der Waals surface area contributed by atoms with Gasteiger partial charge >= 0.3 is 0 Å². The molecule has 0 spiro atoms. The molecular weight excluding hydrogens is 232 g/mol. The Hall–Kier alpha value is -1.08. The van der Waals surface area contributed by atoms with Gasteiger partial charge in [-0.1, -0.05) is 18.2 Å². The summed E-state index contributed by atoms with van der Waals surface area (Å²) in [6.07, 6.45) is 4.69. The second-order valence-electron chi connectivity index (χ2n) is 4.68. The third-order valence-electron chi connectivity index (χ3n) is 3.48. The molecule has 1 aromatic rings. The van der Waals surface area contributed by atoms with Crippen LogP contribution >= 0.6 is 11.6 Å². The molecule has 0 amide bonds. The highest BCUT2D eigenvalue weighted by molar-refractivity contribution is 6.34. The van der Waals surface area contributed by atoms with Crippen LogP contribution in [-0.2, 0) is 4.79 Å². The molecule has 1 fully saturated rings. The maximum absolute atomic E-state index is 11.9. The monoisotopic (exact) mass is 248 g/mol. The van der Waals surface area contributed by atoms with E-state index in [1.54, 1.807) is 0 Å². The minimum Gasteiger partial charge on any atom is -0.293 e. The van der Waals surface area contributed by atoms with Crippen LogP contribution in [0.25, 0.3) is 6.08 Å². The Morgan fingerprint density at radius 1 is 1.35 bits per heavy atom. The SMILES string of the molecule is Cc1cccc(C=C2CCCC(Cl)C2=O)c1C. The molecule has 17 heavy (non-hydrogen) atoms. The number of rotatable bonds is 1. The van der Waals surface area contributed by atoms with Crippen LogP contribution in [0.3, 0.4) is 0 Å². The van der Waals surface area contributed by atoms with E-state index in [4.69, 9.17) is 11.6 Å². The van der Waals surface area contributed by atoms with Gasteiger partial charge in [0.15, 0.2) is 5.78 Å². The number of carbonyl (C=O) groups is 1. The molecule has 0 heterocycles. The quantitative estimate of drug-likeness (QED) is 0.541. The first-order valence-electron chi connectivity index (χ1n) is 6.04. The molecule has 0 saturated heterocycles. The predicted octanol–water partition coefficient (Wildman–Crippen LogP) is 4.05. The summed E-state index contributed by atoms with van der Waals surface area (Å²) in [4.78, 5) is 11.9. The van der Waals surface area contributed by atoms with Crippen molar-refractivity contribution in [3.05, 3.63) is 40.5 Å². The average molecular weight is 249 g/mol. The van der Waals surface area contributed by atoms with E-state index in [1.807, 2.05) is 12.1 Å². The van der Waals surface area contributed by atoms with Crippen LogP contribution in [0, 0.1) is 13.8 Å². The van der Waals surface area contributed by atoms with E-state index >= 15 is 0 Å². The van der Waals surface area contributed by atoms with Gasteiger partial charge < -0.3 is 0 Å². The summed E-state index contributed by atoms with van der Waals surface area (Å²) in [6, 6.07) is 6.17. The molecule has 0 N–H and O–H groups in total.